The van der Waals surface area contributed by atoms with Crippen molar-refractivity contribution in [3.8, 4) is 5.75 Å². The maximum atomic E-state index is 14.0. The van der Waals surface area contributed by atoms with Crippen LogP contribution in [0, 0.1) is 17.8 Å². The smallest absolute Gasteiger partial charge is 0.347 e. The molecule has 8 nitrogen and oxygen atoms in total. The largest absolute Gasteiger partial charge is 0.479 e. The number of nitrogens with zero attached hydrogens (tertiary/aromatic N) is 1. The van der Waals surface area contributed by atoms with Crippen LogP contribution in [-0.4, -0.2) is 73.2 Å². The lowest BCUT2D eigenvalue weighted by Gasteiger charge is -2.46. The van der Waals surface area contributed by atoms with E-state index in [9.17, 15) is 9.59 Å². The van der Waals surface area contributed by atoms with Crippen LogP contribution in [0.15, 0.2) is 48.1 Å². The molecule has 1 fully saturated rings. The lowest BCUT2D eigenvalue weighted by Crippen LogP contribution is -2.49. The van der Waals surface area contributed by atoms with E-state index < -0.39 is 22.7 Å². The molecule has 0 radical (unpaired) electrons. The van der Waals surface area contributed by atoms with Gasteiger partial charge in [0.1, 0.15) is 18.0 Å². The molecule has 10 heteroatoms. The first-order chi connectivity index (χ1) is 24.0. The molecule has 0 aromatic heterocycles. The number of allylic oxidation sites excluding steroid dienone is 2. The van der Waals surface area contributed by atoms with E-state index in [1.807, 2.05) is 50.2 Å². The summed E-state index contributed by atoms with van der Waals surface area (Å²) < 4.78 is 32.5. The Balaban J connectivity index is 1.57. The van der Waals surface area contributed by atoms with Crippen LogP contribution < -0.4 is 9.64 Å². The number of carbonyl (C=O) groups is 2. The van der Waals surface area contributed by atoms with E-state index in [4.69, 9.17) is 23.1 Å². The number of anilines is 1. The summed E-state index contributed by atoms with van der Waals surface area (Å²) in [6.07, 6.45) is 8.89. The van der Waals surface area contributed by atoms with Crippen LogP contribution in [0.4, 0.5) is 5.69 Å². The predicted octanol–water partition coefficient (Wildman–Crippen LogP) is 9.86. The normalized spacial score (nSPS) is 27.6. The second-order valence-electron chi connectivity index (χ2n) is 18.7. The number of rotatable bonds is 13. The lowest BCUT2D eigenvalue weighted by molar-refractivity contribution is -0.164. The van der Waals surface area contributed by atoms with Crippen LogP contribution in [0.25, 0.3) is 0 Å². The third-order valence-electron chi connectivity index (χ3n) is 12.4. The summed E-state index contributed by atoms with van der Waals surface area (Å²) >= 11 is 0. The summed E-state index contributed by atoms with van der Waals surface area (Å²) in [6, 6.07) is 7.79. The van der Waals surface area contributed by atoms with E-state index in [2.05, 4.69) is 92.9 Å². The molecule has 1 saturated heterocycles. The topological polar surface area (TPSA) is 83.5 Å². The minimum atomic E-state index is -2.12. The van der Waals surface area contributed by atoms with Crippen molar-refractivity contribution in [2.45, 2.75) is 161 Å². The van der Waals surface area contributed by atoms with Gasteiger partial charge in [-0.15, -0.1) is 0 Å². The van der Waals surface area contributed by atoms with Gasteiger partial charge in [0.05, 0.1) is 18.6 Å². The molecule has 292 valence electrons. The number of ether oxygens (including phenoxy) is 3. The monoisotopic (exact) mass is 755 g/mol. The highest BCUT2D eigenvalue weighted by Crippen LogP contribution is 2.47. The molecule has 2 aliphatic carbocycles. The number of carbonyl (C=O) groups excluding carboxylic acids is 2. The molecule has 0 spiro atoms. The molecule has 1 aromatic carbocycles. The first kappa shape index (κ1) is 42.3. The fraction of sp³-hybridized carbons (Fsp3) is 0.714. The van der Waals surface area contributed by atoms with Gasteiger partial charge < -0.3 is 28.0 Å². The molecule has 0 saturated carbocycles. The quantitative estimate of drug-likeness (QED) is 0.145. The number of benzene rings is 1. The van der Waals surface area contributed by atoms with Crippen molar-refractivity contribution >= 4 is 34.3 Å². The summed E-state index contributed by atoms with van der Waals surface area (Å²) in [4.78, 5) is 28.9. The molecule has 4 rings (SSSR count). The van der Waals surface area contributed by atoms with E-state index in [-0.39, 0.29) is 64.2 Å². The summed E-state index contributed by atoms with van der Waals surface area (Å²) in [5.41, 5.74) is 2.17. The zero-order valence-electron chi connectivity index (χ0n) is 34.7. The highest BCUT2D eigenvalue weighted by molar-refractivity contribution is 6.74. The summed E-state index contributed by atoms with van der Waals surface area (Å²) in [6.45, 7) is 26.7. The lowest BCUT2D eigenvalue weighted by atomic mass is 9.66. The first-order valence-electron chi connectivity index (χ1n) is 19.6. The van der Waals surface area contributed by atoms with Crippen molar-refractivity contribution in [3.05, 3.63) is 48.1 Å². The van der Waals surface area contributed by atoms with Crippen LogP contribution in [0.2, 0.25) is 36.3 Å². The molecule has 0 N–H and O–H groups in total. The number of hydrogen-bond acceptors (Lipinski definition) is 8. The van der Waals surface area contributed by atoms with Crippen LogP contribution in [0.5, 0.6) is 5.75 Å². The Labute approximate surface area is 317 Å². The van der Waals surface area contributed by atoms with Crippen molar-refractivity contribution in [1.82, 2.24) is 0 Å². The molecule has 52 heavy (non-hydrogen) atoms. The molecular formula is C42H69NO7Si2. The van der Waals surface area contributed by atoms with Gasteiger partial charge in [0.15, 0.2) is 22.7 Å². The van der Waals surface area contributed by atoms with Crippen molar-refractivity contribution in [2.75, 3.05) is 19.0 Å². The third kappa shape index (κ3) is 10.4. The van der Waals surface area contributed by atoms with Crippen molar-refractivity contribution in [3.63, 3.8) is 0 Å². The zero-order chi connectivity index (χ0) is 38.8. The van der Waals surface area contributed by atoms with Gasteiger partial charge in [-0.2, -0.15) is 0 Å². The Hall–Kier alpha value is -2.41. The van der Waals surface area contributed by atoms with Gasteiger partial charge >= 0.3 is 11.9 Å². The molecule has 1 aliphatic heterocycles. The van der Waals surface area contributed by atoms with Gasteiger partial charge in [0.2, 0.25) is 0 Å². The molecule has 0 bridgehead atoms. The number of cyclic esters (lactones) is 1. The molecule has 8 atom stereocenters. The average molecular weight is 756 g/mol. The van der Waals surface area contributed by atoms with Crippen molar-refractivity contribution in [1.29, 1.82) is 0 Å². The maximum Gasteiger partial charge on any atom is 0.347 e. The maximum absolute atomic E-state index is 14.0. The van der Waals surface area contributed by atoms with Gasteiger partial charge in [-0.3, -0.25) is 4.79 Å². The molecule has 1 heterocycles. The van der Waals surface area contributed by atoms with Crippen LogP contribution in [0.1, 0.15) is 93.9 Å². The molecule has 0 amide bonds. The van der Waals surface area contributed by atoms with Crippen LogP contribution in [0.3, 0.4) is 0 Å². The molecule has 1 aromatic rings. The van der Waals surface area contributed by atoms with E-state index in [0.717, 1.165) is 18.5 Å². The van der Waals surface area contributed by atoms with Crippen LogP contribution >= 0.6 is 0 Å². The first-order valence-corrected chi connectivity index (χ1v) is 25.4. The van der Waals surface area contributed by atoms with Gasteiger partial charge in [-0.1, -0.05) is 79.7 Å². The SMILES string of the molecule is CCC(Oc1cccc(N(C)C)c1)C(=O)O[C@H]1C[C@H](O[Si](C)(C)C(C)(C)C)C=C2C=C[C@H](C)[C@H](CC[C@@H]3C[C@@H](O[Si](C)(C)C(C)(C)C)CC(=O)O3)[C@H]21. The Morgan fingerprint density at radius 1 is 0.981 bits per heavy atom. The number of esters is 2. The molecular weight excluding hydrogens is 687 g/mol. The van der Waals surface area contributed by atoms with Gasteiger partial charge in [-0.05, 0) is 85.1 Å². The van der Waals surface area contributed by atoms with E-state index in [1.54, 1.807) is 0 Å². The Morgan fingerprint density at radius 3 is 2.25 bits per heavy atom. The van der Waals surface area contributed by atoms with Crippen molar-refractivity contribution < 1.29 is 32.7 Å². The minimum absolute atomic E-state index is 0.00337. The zero-order valence-corrected chi connectivity index (χ0v) is 36.7. The number of hydrogen-bond donors (Lipinski definition) is 0. The minimum Gasteiger partial charge on any atom is -0.479 e. The molecule has 1 unspecified atom stereocenters. The van der Waals surface area contributed by atoms with Gasteiger partial charge in [0.25, 0.3) is 0 Å². The summed E-state index contributed by atoms with van der Waals surface area (Å²) in [7, 11) is -0.194. The summed E-state index contributed by atoms with van der Waals surface area (Å²) in [5.74, 6) is 0.573. The second-order valence-corrected chi connectivity index (χ2v) is 28.3. The van der Waals surface area contributed by atoms with Gasteiger partial charge in [-0.25, -0.2) is 4.79 Å². The van der Waals surface area contributed by atoms with E-state index in [0.29, 0.717) is 31.4 Å². The predicted molar refractivity (Wildman–Crippen MR) is 216 cm³/mol. The highest BCUT2D eigenvalue weighted by atomic mass is 28.4. The standard InChI is InChI=1S/C42H69NO7Si2/c1-15-36(46-31-18-16-17-30(24-31)43(9)10)40(45)48-37-26-33(49-51(11,12)41(3,4)5)23-29-20-19-28(2)35(39(29)37)22-21-32-25-34(27-38(44)47-32)50-52(13,14)42(6,7)8/h16-20,23-24,28,32-37,39H,15,21-22,25-27H2,1-14H3/t28-,32+,33+,34+,35-,36?,37-,39-/m0/s1. The summed E-state index contributed by atoms with van der Waals surface area (Å²) in [5, 5.41) is 0.105. The van der Waals surface area contributed by atoms with Gasteiger partial charge in [0, 0.05) is 44.6 Å². The third-order valence-corrected chi connectivity index (χ3v) is 21.5. The fourth-order valence-electron chi connectivity index (χ4n) is 7.21. The second kappa shape index (κ2) is 16.5. The fourth-order valence-corrected chi connectivity index (χ4v) is 9.85. The average Bonchev–Trinajstić information content (AvgIpc) is 3.01. The Morgan fingerprint density at radius 2 is 1.63 bits per heavy atom. The number of fused-ring (bicyclic) bond motifs is 1. The van der Waals surface area contributed by atoms with E-state index >= 15 is 0 Å². The Kier molecular flexibility index (Phi) is 13.5. The Bertz CT molecular complexity index is 1460. The highest BCUT2D eigenvalue weighted by Gasteiger charge is 2.47. The van der Waals surface area contributed by atoms with E-state index in [1.165, 1.54) is 5.57 Å². The van der Waals surface area contributed by atoms with Crippen molar-refractivity contribution in [2.24, 2.45) is 17.8 Å². The van der Waals surface area contributed by atoms with Crippen LogP contribution in [-0.2, 0) is 27.9 Å². The molecule has 3 aliphatic rings.